The molecule has 1 heterocycles. The van der Waals surface area contributed by atoms with Crippen molar-refractivity contribution in [3.05, 3.63) is 0 Å². The summed E-state index contributed by atoms with van der Waals surface area (Å²) in [5.41, 5.74) is 2.88. The fraction of sp³-hybridized carbons (Fsp3) is 1.00. The Kier molecular flexibility index (Phi) is 7.82. The van der Waals surface area contributed by atoms with Crippen LogP contribution in [0.3, 0.4) is 0 Å². The van der Waals surface area contributed by atoms with E-state index < -0.39 is 0 Å². The minimum atomic E-state index is -0.117. The van der Waals surface area contributed by atoms with Crippen molar-refractivity contribution >= 4 is 0 Å². The first-order valence-corrected chi connectivity index (χ1v) is 7.47. The van der Waals surface area contributed by atoms with Gasteiger partial charge in [0.1, 0.15) is 0 Å². The number of rotatable bonds is 9. The van der Waals surface area contributed by atoms with Crippen molar-refractivity contribution in [2.24, 2.45) is 5.84 Å². The summed E-state index contributed by atoms with van der Waals surface area (Å²) in [5.74, 6) is 5.76. The maximum absolute atomic E-state index is 6.06. The van der Waals surface area contributed by atoms with E-state index in [-0.39, 0.29) is 11.6 Å². The van der Waals surface area contributed by atoms with E-state index in [1.54, 1.807) is 0 Å². The van der Waals surface area contributed by atoms with Crippen molar-refractivity contribution in [1.29, 1.82) is 0 Å². The zero-order valence-electron chi connectivity index (χ0n) is 12.0. The Balaban J connectivity index is 2.50. The molecule has 108 valence electrons. The zero-order valence-corrected chi connectivity index (χ0v) is 12.0. The molecule has 1 aliphatic heterocycles. The number of nitrogens with two attached hydrogens (primary N) is 1. The molecule has 18 heavy (non-hydrogen) atoms. The van der Waals surface area contributed by atoms with Gasteiger partial charge in [-0.3, -0.25) is 11.3 Å². The molecule has 1 fully saturated rings. The second-order valence-corrected chi connectivity index (χ2v) is 5.18. The average Bonchev–Trinajstić information content (AvgIpc) is 2.40. The van der Waals surface area contributed by atoms with Crippen molar-refractivity contribution in [3.63, 3.8) is 0 Å². The molecule has 1 atom stereocenters. The van der Waals surface area contributed by atoms with E-state index in [1.807, 2.05) is 0 Å². The highest BCUT2D eigenvalue weighted by atomic mass is 16.5. The Hall–Kier alpha value is -0.160. The second-order valence-electron chi connectivity index (χ2n) is 5.18. The molecular weight excluding hydrogens is 228 g/mol. The first-order chi connectivity index (χ1) is 8.79. The third-order valence-corrected chi connectivity index (χ3v) is 3.95. The van der Waals surface area contributed by atoms with E-state index in [9.17, 15) is 0 Å². The van der Waals surface area contributed by atoms with Crippen LogP contribution in [0.15, 0.2) is 0 Å². The van der Waals surface area contributed by atoms with Crippen LogP contribution in [-0.2, 0) is 9.47 Å². The molecule has 0 aromatic heterocycles. The Morgan fingerprint density at radius 1 is 1.22 bits per heavy atom. The maximum atomic E-state index is 6.06. The van der Waals surface area contributed by atoms with Crippen molar-refractivity contribution in [3.8, 4) is 0 Å². The summed E-state index contributed by atoms with van der Waals surface area (Å²) >= 11 is 0. The molecule has 1 unspecified atom stereocenters. The normalized spacial score (nSPS) is 20.8. The standard InChI is InChI=1S/C14H30N2O2/c1-3-5-6-7-8-13(16-15)14(18-4-2)9-11-17-12-10-14/h13,16H,3-12,15H2,1-2H3. The number of hydrogen-bond donors (Lipinski definition) is 2. The third kappa shape index (κ3) is 4.50. The van der Waals surface area contributed by atoms with Gasteiger partial charge in [-0.25, -0.2) is 0 Å². The number of unbranched alkanes of at least 4 members (excludes halogenated alkanes) is 3. The Morgan fingerprint density at radius 2 is 1.94 bits per heavy atom. The lowest BCUT2D eigenvalue weighted by atomic mass is 9.83. The molecule has 4 nitrogen and oxygen atoms in total. The van der Waals surface area contributed by atoms with Crippen LogP contribution in [0.2, 0.25) is 0 Å². The van der Waals surface area contributed by atoms with Gasteiger partial charge in [0.25, 0.3) is 0 Å². The highest BCUT2D eigenvalue weighted by Crippen LogP contribution is 2.31. The number of hydrazine groups is 1. The van der Waals surface area contributed by atoms with Crippen molar-refractivity contribution < 1.29 is 9.47 Å². The van der Waals surface area contributed by atoms with Gasteiger partial charge >= 0.3 is 0 Å². The van der Waals surface area contributed by atoms with Crippen LogP contribution < -0.4 is 11.3 Å². The summed E-state index contributed by atoms with van der Waals surface area (Å²) < 4.78 is 11.5. The Labute approximate surface area is 112 Å². The van der Waals surface area contributed by atoms with Crippen LogP contribution in [0, 0.1) is 0 Å². The summed E-state index contributed by atoms with van der Waals surface area (Å²) in [6, 6.07) is 0.248. The summed E-state index contributed by atoms with van der Waals surface area (Å²) in [6.07, 6.45) is 8.07. The molecule has 1 aliphatic rings. The first-order valence-electron chi connectivity index (χ1n) is 7.47. The summed E-state index contributed by atoms with van der Waals surface area (Å²) in [6.45, 7) is 6.61. The molecule has 0 radical (unpaired) electrons. The molecule has 1 rings (SSSR count). The van der Waals surface area contributed by atoms with E-state index in [0.717, 1.165) is 39.1 Å². The van der Waals surface area contributed by atoms with Crippen LogP contribution in [0.4, 0.5) is 0 Å². The van der Waals surface area contributed by atoms with Crippen LogP contribution in [0.25, 0.3) is 0 Å². The Morgan fingerprint density at radius 3 is 2.50 bits per heavy atom. The van der Waals surface area contributed by atoms with Crippen LogP contribution in [0.5, 0.6) is 0 Å². The predicted molar refractivity (Wildman–Crippen MR) is 74.3 cm³/mol. The lowest BCUT2D eigenvalue weighted by Gasteiger charge is -2.43. The molecule has 0 bridgehead atoms. The molecule has 0 amide bonds. The smallest absolute Gasteiger partial charge is 0.0891 e. The lowest BCUT2D eigenvalue weighted by molar-refractivity contribution is -0.128. The lowest BCUT2D eigenvalue weighted by Crippen LogP contribution is -2.57. The minimum absolute atomic E-state index is 0.117. The number of hydrogen-bond acceptors (Lipinski definition) is 4. The van der Waals surface area contributed by atoms with Gasteiger partial charge in [-0.2, -0.15) is 0 Å². The van der Waals surface area contributed by atoms with Gasteiger partial charge in [0.05, 0.1) is 11.6 Å². The van der Waals surface area contributed by atoms with Crippen LogP contribution in [0.1, 0.15) is 58.8 Å². The quantitative estimate of drug-likeness (QED) is 0.379. The number of ether oxygens (including phenoxy) is 2. The fourth-order valence-electron chi connectivity index (χ4n) is 2.87. The van der Waals surface area contributed by atoms with Crippen LogP contribution >= 0.6 is 0 Å². The van der Waals surface area contributed by atoms with Gasteiger partial charge < -0.3 is 9.47 Å². The van der Waals surface area contributed by atoms with Crippen molar-refractivity contribution in [1.82, 2.24) is 5.43 Å². The maximum Gasteiger partial charge on any atom is 0.0891 e. The molecule has 1 saturated heterocycles. The van der Waals surface area contributed by atoms with E-state index in [1.165, 1.54) is 25.7 Å². The zero-order chi connectivity index (χ0) is 13.3. The van der Waals surface area contributed by atoms with E-state index >= 15 is 0 Å². The highest BCUT2D eigenvalue weighted by molar-refractivity contribution is 4.94. The SMILES string of the molecule is CCCCCCC(NN)C1(OCC)CCOCC1. The van der Waals surface area contributed by atoms with Gasteiger partial charge in [0.15, 0.2) is 0 Å². The topological polar surface area (TPSA) is 56.5 Å². The molecule has 0 saturated carbocycles. The fourth-order valence-corrected chi connectivity index (χ4v) is 2.87. The van der Waals surface area contributed by atoms with Crippen molar-refractivity contribution in [2.45, 2.75) is 70.4 Å². The van der Waals surface area contributed by atoms with Gasteiger partial charge in [0.2, 0.25) is 0 Å². The molecule has 0 aliphatic carbocycles. The average molecular weight is 258 g/mol. The van der Waals surface area contributed by atoms with E-state index in [2.05, 4.69) is 19.3 Å². The molecule has 0 aromatic carbocycles. The molecule has 3 N–H and O–H groups in total. The minimum Gasteiger partial charge on any atom is -0.381 e. The third-order valence-electron chi connectivity index (χ3n) is 3.95. The summed E-state index contributed by atoms with van der Waals surface area (Å²) in [7, 11) is 0. The first kappa shape index (κ1) is 15.9. The summed E-state index contributed by atoms with van der Waals surface area (Å²) in [4.78, 5) is 0. The second kappa shape index (κ2) is 8.86. The Bertz CT molecular complexity index is 200. The molecule has 0 aromatic rings. The molecular formula is C14H30N2O2. The van der Waals surface area contributed by atoms with Crippen LogP contribution in [-0.4, -0.2) is 31.5 Å². The molecule has 0 spiro atoms. The van der Waals surface area contributed by atoms with Gasteiger partial charge in [-0.15, -0.1) is 0 Å². The van der Waals surface area contributed by atoms with E-state index in [0.29, 0.717) is 0 Å². The molecule has 4 heteroatoms. The largest absolute Gasteiger partial charge is 0.381 e. The van der Waals surface area contributed by atoms with Gasteiger partial charge in [-0.05, 0) is 13.3 Å². The summed E-state index contributed by atoms with van der Waals surface area (Å²) in [5, 5.41) is 0. The monoisotopic (exact) mass is 258 g/mol. The number of nitrogens with one attached hydrogen (secondary N) is 1. The highest BCUT2D eigenvalue weighted by Gasteiger charge is 2.40. The predicted octanol–water partition coefficient (Wildman–Crippen LogP) is 2.37. The van der Waals surface area contributed by atoms with Crippen molar-refractivity contribution in [2.75, 3.05) is 19.8 Å². The van der Waals surface area contributed by atoms with Gasteiger partial charge in [-0.1, -0.05) is 32.6 Å². The van der Waals surface area contributed by atoms with E-state index in [4.69, 9.17) is 15.3 Å². The van der Waals surface area contributed by atoms with Gasteiger partial charge in [0, 0.05) is 32.7 Å².